The minimum atomic E-state index is -4.21. The molecule has 0 unspecified atom stereocenters. The SMILES string of the molecule is CNCC1CCN(S(=O)(=O)c2c(F)cccc2[N+](=O)[O-])CC1.Cl. The highest BCUT2D eigenvalue weighted by atomic mass is 35.5. The van der Waals surface area contributed by atoms with Crippen LogP contribution >= 0.6 is 12.4 Å². The quantitative estimate of drug-likeness (QED) is 0.632. The Labute approximate surface area is 140 Å². The average Bonchev–Trinajstić information content (AvgIpc) is 2.47. The lowest BCUT2D eigenvalue weighted by Crippen LogP contribution is -2.40. The number of nitrogens with zero attached hydrogens (tertiary/aromatic N) is 2. The fourth-order valence-corrected chi connectivity index (χ4v) is 4.34. The minimum Gasteiger partial charge on any atom is -0.319 e. The van der Waals surface area contributed by atoms with Gasteiger partial charge in [-0.05, 0) is 38.4 Å². The summed E-state index contributed by atoms with van der Waals surface area (Å²) in [5.41, 5.74) is -0.725. The highest BCUT2D eigenvalue weighted by Crippen LogP contribution is 2.31. The molecule has 1 aromatic carbocycles. The summed E-state index contributed by atoms with van der Waals surface area (Å²) in [5, 5.41) is 14.0. The van der Waals surface area contributed by atoms with E-state index in [1.54, 1.807) is 0 Å². The van der Waals surface area contributed by atoms with Crippen LogP contribution in [0, 0.1) is 21.8 Å². The van der Waals surface area contributed by atoms with E-state index < -0.39 is 31.3 Å². The molecule has 0 aliphatic carbocycles. The molecule has 130 valence electrons. The highest BCUT2D eigenvalue weighted by Gasteiger charge is 2.36. The van der Waals surface area contributed by atoms with Crippen molar-refractivity contribution in [2.24, 2.45) is 5.92 Å². The lowest BCUT2D eigenvalue weighted by atomic mass is 9.98. The summed E-state index contributed by atoms with van der Waals surface area (Å²) < 4.78 is 40.2. The number of piperidine rings is 1. The van der Waals surface area contributed by atoms with Crippen LogP contribution in [-0.2, 0) is 10.0 Å². The van der Waals surface area contributed by atoms with Crippen molar-refractivity contribution in [3.8, 4) is 0 Å². The van der Waals surface area contributed by atoms with Crippen LogP contribution in [0.1, 0.15) is 12.8 Å². The fourth-order valence-electron chi connectivity index (χ4n) is 2.67. The Morgan fingerprint density at radius 2 is 2.00 bits per heavy atom. The molecule has 1 saturated heterocycles. The van der Waals surface area contributed by atoms with E-state index in [2.05, 4.69) is 5.32 Å². The Bertz CT molecular complexity index is 663. The maximum absolute atomic E-state index is 13.9. The van der Waals surface area contributed by atoms with Crippen molar-refractivity contribution in [3.63, 3.8) is 0 Å². The van der Waals surface area contributed by atoms with E-state index in [9.17, 15) is 22.9 Å². The maximum atomic E-state index is 13.9. The first kappa shape index (κ1) is 19.8. The van der Waals surface area contributed by atoms with E-state index >= 15 is 0 Å². The Hall–Kier alpha value is -1.29. The molecule has 1 aliphatic rings. The number of halogens is 2. The van der Waals surface area contributed by atoms with Gasteiger partial charge in [0.15, 0.2) is 4.90 Å². The van der Waals surface area contributed by atoms with Gasteiger partial charge in [0.1, 0.15) is 5.82 Å². The van der Waals surface area contributed by atoms with Crippen molar-refractivity contribution in [1.29, 1.82) is 0 Å². The van der Waals surface area contributed by atoms with Crippen LogP contribution in [0.4, 0.5) is 10.1 Å². The molecule has 1 N–H and O–H groups in total. The molecule has 2 rings (SSSR count). The summed E-state index contributed by atoms with van der Waals surface area (Å²) in [4.78, 5) is 9.28. The van der Waals surface area contributed by atoms with Gasteiger partial charge < -0.3 is 5.32 Å². The molecule has 0 saturated carbocycles. The largest absolute Gasteiger partial charge is 0.319 e. The van der Waals surface area contributed by atoms with E-state index in [1.165, 1.54) is 0 Å². The Morgan fingerprint density at radius 1 is 1.39 bits per heavy atom. The molecule has 7 nitrogen and oxygen atoms in total. The Morgan fingerprint density at radius 3 is 2.52 bits per heavy atom. The van der Waals surface area contributed by atoms with Gasteiger partial charge in [-0.2, -0.15) is 4.31 Å². The fraction of sp³-hybridized carbons (Fsp3) is 0.538. The van der Waals surface area contributed by atoms with Crippen LogP contribution in [0.15, 0.2) is 23.1 Å². The predicted molar refractivity (Wildman–Crippen MR) is 85.7 cm³/mol. The van der Waals surface area contributed by atoms with Crippen molar-refractivity contribution in [3.05, 3.63) is 34.1 Å². The van der Waals surface area contributed by atoms with Crippen LogP contribution < -0.4 is 5.32 Å². The molecule has 1 heterocycles. The van der Waals surface area contributed by atoms with Crippen molar-refractivity contribution in [1.82, 2.24) is 9.62 Å². The zero-order chi connectivity index (χ0) is 16.3. The topological polar surface area (TPSA) is 92.6 Å². The number of benzene rings is 1. The first-order valence-electron chi connectivity index (χ1n) is 6.95. The number of hydrogen-bond acceptors (Lipinski definition) is 5. The van der Waals surface area contributed by atoms with Gasteiger partial charge in [-0.3, -0.25) is 10.1 Å². The molecule has 1 fully saturated rings. The van der Waals surface area contributed by atoms with Gasteiger partial charge in [-0.25, -0.2) is 12.8 Å². The molecule has 10 heteroatoms. The van der Waals surface area contributed by atoms with Crippen molar-refractivity contribution in [2.45, 2.75) is 17.7 Å². The van der Waals surface area contributed by atoms with Crippen molar-refractivity contribution in [2.75, 3.05) is 26.7 Å². The highest BCUT2D eigenvalue weighted by molar-refractivity contribution is 7.89. The first-order valence-corrected chi connectivity index (χ1v) is 8.39. The monoisotopic (exact) mass is 367 g/mol. The predicted octanol–water partition coefficient (Wildman–Crippen LogP) is 1.78. The van der Waals surface area contributed by atoms with Gasteiger partial charge >= 0.3 is 0 Å². The number of rotatable bonds is 5. The zero-order valence-corrected chi connectivity index (χ0v) is 14.2. The third-order valence-corrected chi connectivity index (χ3v) is 5.77. The summed E-state index contributed by atoms with van der Waals surface area (Å²) >= 11 is 0. The maximum Gasteiger partial charge on any atom is 0.292 e. The average molecular weight is 368 g/mol. The molecule has 1 aromatic rings. The van der Waals surface area contributed by atoms with Crippen LogP contribution in [-0.4, -0.2) is 44.3 Å². The molecule has 0 aromatic heterocycles. The van der Waals surface area contributed by atoms with Gasteiger partial charge in [-0.15, -0.1) is 12.4 Å². The molecule has 0 atom stereocenters. The number of sulfonamides is 1. The van der Waals surface area contributed by atoms with Crippen molar-refractivity contribution >= 4 is 28.1 Å². The van der Waals surface area contributed by atoms with Gasteiger partial charge in [0, 0.05) is 19.2 Å². The Balaban J connectivity index is 0.00000264. The second-order valence-electron chi connectivity index (χ2n) is 5.25. The van der Waals surface area contributed by atoms with E-state index in [-0.39, 0.29) is 25.5 Å². The summed E-state index contributed by atoms with van der Waals surface area (Å²) in [7, 11) is -2.39. The molecule has 23 heavy (non-hydrogen) atoms. The lowest BCUT2D eigenvalue weighted by Gasteiger charge is -2.31. The molecule has 1 aliphatic heterocycles. The number of nitro benzene ring substituents is 1. The molecular weight excluding hydrogens is 349 g/mol. The molecule has 0 bridgehead atoms. The van der Waals surface area contributed by atoms with Gasteiger partial charge in [0.25, 0.3) is 15.7 Å². The van der Waals surface area contributed by atoms with E-state index in [0.29, 0.717) is 18.8 Å². The third-order valence-electron chi connectivity index (χ3n) is 3.81. The molecule has 0 amide bonds. The summed E-state index contributed by atoms with van der Waals surface area (Å²) in [6.07, 6.45) is 1.28. The smallest absolute Gasteiger partial charge is 0.292 e. The number of nitro groups is 1. The van der Waals surface area contributed by atoms with Crippen LogP contribution in [0.25, 0.3) is 0 Å². The third kappa shape index (κ3) is 4.17. The normalized spacial score (nSPS) is 16.8. The second-order valence-corrected chi connectivity index (χ2v) is 7.13. The summed E-state index contributed by atoms with van der Waals surface area (Å²) in [6.45, 7) is 1.26. The Kier molecular flexibility index (Phi) is 6.87. The minimum absolute atomic E-state index is 0. The molecular formula is C13H19ClFN3O4S. The molecule has 0 radical (unpaired) electrons. The van der Waals surface area contributed by atoms with Crippen molar-refractivity contribution < 1.29 is 17.7 Å². The van der Waals surface area contributed by atoms with E-state index in [4.69, 9.17) is 0 Å². The van der Waals surface area contributed by atoms with Gasteiger partial charge in [0.2, 0.25) is 0 Å². The van der Waals surface area contributed by atoms with Gasteiger partial charge in [0.05, 0.1) is 4.92 Å². The summed E-state index contributed by atoms with van der Waals surface area (Å²) in [6, 6.07) is 3.06. The van der Waals surface area contributed by atoms with E-state index in [1.807, 2.05) is 7.05 Å². The zero-order valence-electron chi connectivity index (χ0n) is 12.6. The van der Waals surface area contributed by atoms with Crippen LogP contribution in [0.5, 0.6) is 0 Å². The van der Waals surface area contributed by atoms with Crippen LogP contribution in [0.3, 0.4) is 0 Å². The standard InChI is InChI=1S/C13H18FN3O4S.ClH/c1-15-9-10-5-7-16(8-6-10)22(20,21)13-11(14)3-2-4-12(13)17(18)19;/h2-4,10,15H,5-9H2,1H3;1H. The number of nitrogens with one attached hydrogen (secondary N) is 1. The second kappa shape index (κ2) is 8.00. The van der Waals surface area contributed by atoms with E-state index in [0.717, 1.165) is 29.0 Å². The summed E-state index contributed by atoms with van der Waals surface area (Å²) in [5.74, 6) is -0.737. The first-order chi connectivity index (χ1) is 10.4. The van der Waals surface area contributed by atoms with Gasteiger partial charge in [-0.1, -0.05) is 6.07 Å². The number of hydrogen-bond donors (Lipinski definition) is 1. The molecule has 0 spiro atoms. The van der Waals surface area contributed by atoms with Crippen LogP contribution in [0.2, 0.25) is 0 Å². The lowest BCUT2D eigenvalue weighted by molar-refractivity contribution is -0.388.